The molecule has 0 saturated heterocycles. The van der Waals surface area contributed by atoms with Gasteiger partial charge in [0, 0.05) is 0 Å². The number of carbonyl (C=O) groups excluding carboxylic acids is 1. The minimum atomic E-state index is -1.53. The third kappa shape index (κ3) is 2.29. The Kier molecular flexibility index (Phi) is 2.11. The van der Waals surface area contributed by atoms with E-state index in [2.05, 4.69) is 4.74 Å². The molecule has 0 atom stereocenters. The van der Waals surface area contributed by atoms with E-state index in [0.717, 1.165) is 5.56 Å². The molecule has 0 aliphatic carbocycles. The van der Waals surface area contributed by atoms with Gasteiger partial charge in [-0.25, -0.2) is 0 Å². The van der Waals surface area contributed by atoms with Gasteiger partial charge < -0.3 is 4.74 Å². The van der Waals surface area contributed by atoms with Crippen LogP contribution in [-0.2, 0) is 5.11 Å². The number of rotatable bonds is 1. The van der Waals surface area contributed by atoms with Gasteiger partial charge in [-0.05, 0) is 24.6 Å². The molecular formula is C8H7O3. The first kappa shape index (κ1) is 7.60. The Labute approximate surface area is 64.2 Å². The maximum atomic E-state index is 9.95. The van der Waals surface area contributed by atoms with Crippen LogP contribution in [0.4, 0.5) is 4.79 Å². The first-order valence-corrected chi connectivity index (χ1v) is 3.14. The van der Waals surface area contributed by atoms with E-state index in [1.807, 2.05) is 13.0 Å². The summed E-state index contributed by atoms with van der Waals surface area (Å²) in [6, 6.07) is 6.74. The Morgan fingerprint density at radius 2 is 2.18 bits per heavy atom. The van der Waals surface area contributed by atoms with Crippen LogP contribution in [0.5, 0.6) is 5.75 Å². The van der Waals surface area contributed by atoms with Crippen LogP contribution < -0.4 is 4.74 Å². The van der Waals surface area contributed by atoms with Gasteiger partial charge in [-0.3, -0.25) is 0 Å². The van der Waals surface area contributed by atoms with E-state index >= 15 is 0 Å². The summed E-state index contributed by atoms with van der Waals surface area (Å²) < 4.78 is 4.30. The monoisotopic (exact) mass is 151 g/mol. The molecule has 57 valence electrons. The van der Waals surface area contributed by atoms with Gasteiger partial charge in [0.1, 0.15) is 5.75 Å². The first-order valence-electron chi connectivity index (χ1n) is 3.14. The van der Waals surface area contributed by atoms with Crippen molar-refractivity contribution in [3.05, 3.63) is 29.8 Å². The molecule has 0 heterocycles. The molecule has 0 spiro atoms. The quantitative estimate of drug-likeness (QED) is 0.454. The maximum absolute atomic E-state index is 9.95. The molecule has 3 nitrogen and oxygen atoms in total. The fraction of sp³-hybridized carbons (Fsp3) is 0.125. The third-order valence-electron chi connectivity index (χ3n) is 1.19. The van der Waals surface area contributed by atoms with Gasteiger partial charge in [0.2, 0.25) is 0 Å². The van der Waals surface area contributed by atoms with Gasteiger partial charge >= 0.3 is 6.16 Å². The smallest absolute Gasteiger partial charge is 0.392 e. The van der Waals surface area contributed by atoms with Crippen molar-refractivity contribution in [3.8, 4) is 5.75 Å². The Hall–Kier alpha value is -1.51. The predicted octanol–water partition coefficient (Wildman–Crippen LogP) is 1.92. The molecule has 0 amide bonds. The van der Waals surface area contributed by atoms with Crippen LogP contribution in [0.1, 0.15) is 5.56 Å². The van der Waals surface area contributed by atoms with Crippen molar-refractivity contribution in [2.24, 2.45) is 0 Å². The molecule has 3 heteroatoms. The number of carbonyl (C=O) groups is 1. The lowest BCUT2D eigenvalue weighted by molar-refractivity contribution is 0.117. The zero-order valence-electron chi connectivity index (χ0n) is 6.03. The molecule has 0 saturated carbocycles. The maximum Gasteiger partial charge on any atom is 0.555 e. The molecule has 1 radical (unpaired) electrons. The Morgan fingerprint density at radius 1 is 1.45 bits per heavy atom. The second-order valence-electron chi connectivity index (χ2n) is 2.17. The number of benzene rings is 1. The van der Waals surface area contributed by atoms with Crippen molar-refractivity contribution < 1.29 is 14.6 Å². The summed E-state index contributed by atoms with van der Waals surface area (Å²) in [7, 11) is 0. The normalized spacial score (nSPS) is 9.18. The zero-order valence-corrected chi connectivity index (χ0v) is 6.03. The number of hydrogen-bond acceptors (Lipinski definition) is 2. The van der Waals surface area contributed by atoms with Crippen LogP contribution in [0, 0.1) is 6.92 Å². The van der Waals surface area contributed by atoms with Crippen LogP contribution in [0.3, 0.4) is 0 Å². The van der Waals surface area contributed by atoms with E-state index in [9.17, 15) is 9.90 Å². The van der Waals surface area contributed by atoms with Crippen molar-refractivity contribution in [3.63, 3.8) is 0 Å². The molecule has 1 rings (SSSR count). The lowest BCUT2D eigenvalue weighted by Crippen LogP contribution is -2.00. The van der Waals surface area contributed by atoms with Gasteiger partial charge in [-0.2, -0.15) is 9.90 Å². The zero-order chi connectivity index (χ0) is 8.27. The molecule has 0 fully saturated rings. The minimum Gasteiger partial charge on any atom is -0.392 e. The molecule has 0 N–H and O–H groups in total. The fourth-order valence-electron chi connectivity index (χ4n) is 0.775. The highest BCUT2D eigenvalue weighted by molar-refractivity contribution is 5.60. The number of hydrogen-bond donors (Lipinski definition) is 0. The average Bonchev–Trinajstić information content (AvgIpc) is 1.85. The van der Waals surface area contributed by atoms with Gasteiger partial charge in [0.25, 0.3) is 0 Å². The lowest BCUT2D eigenvalue weighted by Gasteiger charge is -1.97. The summed E-state index contributed by atoms with van der Waals surface area (Å²) in [5.74, 6) is 0.296. The molecule has 0 bridgehead atoms. The van der Waals surface area contributed by atoms with E-state index in [1.54, 1.807) is 18.2 Å². The van der Waals surface area contributed by atoms with Crippen LogP contribution in [0.25, 0.3) is 0 Å². The highest BCUT2D eigenvalue weighted by Gasteiger charge is 2.01. The summed E-state index contributed by atoms with van der Waals surface area (Å²) in [6.07, 6.45) is -1.53. The number of aryl methyl sites for hydroxylation is 1. The second-order valence-corrected chi connectivity index (χ2v) is 2.17. The van der Waals surface area contributed by atoms with Crippen LogP contribution >= 0.6 is 0 Å². The summed E-state index contributed by atoms with van der Waals surface area (Å²) in [5, 5.41) is 9.95. The van der Waals surface area contributed by atoms with E-state index in [-0.39, 0.29) is 0 Å². The summed E-state index contributed by atoms with van der Waals surface area (Å²) >= 11 is 0. The second kappa shape index (κ2) is 3.05. The Balaban J connectivity index is 2.79. The molecular weight excluding hydrogens is 144 g/mol. The van der Waals surface area contributed by atoms with Gasteiger partial charge in [0.15, 0.2) is 0 Å². The van der Waals surface area contributed by atoms with Gasteiger partial charge in [-0.1, -0.05) is 12.1 Å². The standard InChI is InChI=1S/C8H7O3/c1-6-3-2-4-7(5-6)11-8(9)10/h2-5H,1H3. The van der Waals surface area contributed by atoms with Crippen LogP contribution in [-0.4, -0.2) is 6.16 Å². The van der Waals surface area contributed by atoms with Crippen molar-refractivity contribution in [2.45, 2.75) is 6.92 Å². The molecule has 1 aromatic rings. The summed E-state index contributed by atoms with van der Waals surface area (Å²) in [6.45, 7) is 1.85. The highest BCUT2D eigenvalue weighted by atomic mass is 16.7. The lowest BCUT2D eigenvalue weighted by atomic mass is 10.2. The third-order valence-corrected chi connectivity index (χ3v) is 1.19. The van der Waals surface area contributed by atoms with Crippen molar-refractivity contribution in [1.82, 2.24) is 0 Å². The molecule has 0 aromatic heterocycles. The van der Waals surface area contributed by atoms with Gasteiger partial charge in [-0.15, -0.1) is 0 Å². The average molecular weight is 151 g/mol. The highest BCUT2D eigenvalue weighted by Crippen LogP contribution is 2.11. The van der Waals surface area contributed by atoms with Gasteiger partial charge in [0.05, 0.1) is 0 Å². The summed E-state index contributed by atoms with van der Waals surface area (Å²) in [5.41, 5.74) is 0.948. The SMILES string of the molecule is Cc1cccc(OC([O])=O)c1. The minimum absolute atomic E-state index is 0.296. The van der Waals surface area contributed by atoms with Crippen molar-refractivity contribution in [2.75, 3.05) is 0 Å². The Morgan fingerprint density at radius 3 is 2.73 bits per heavy atom. The molecule has 0 unspecified atom stereocenters. The van der Waals surface area contributed by atoms with E-state index in [4.69, 9.17) is 0 Å². The fourth-order valence-corrected chi connectivity index (χ4v) is 0.775. The van der Waals surface area contributed by atoms with Crippen LogP contribution in [0.2, 0.25) is 0 Å². The summed E-state index contributed by atoms with van der Waals surface area (Å²) in [4.78, 5) is 9.95. The first-order chi connectivity index (χ1) is 5.18. The topological polar surface area (TPSA) is 46.2 Å². The van der Waals surface area contributed by atoms with Crippen molar-refractivity contribution in [1.29, 1.82) is 0 Å². The van der Waals surface area contributed by atoms with E-state index in [1.165, 1.54) is 0 Å². The van der Waals surface area contributed by atoms with E-state index in [0.29, 0.717) is 5.75 Å². The molecule has 11 heavy (non-hydrogen) atoms. The Bertz CT molecular complexity index is 268. The molecule has 0 aliphatic rings. The largest absolute Gasteiger partial charge is 0.555 e. The molecule has 0 aliphatic heterocycles. The van der Waals surface area contributed by atoms with Crippen LogP contribution in [0.15, 0.2) is 24.3 Å². The predicted molar refractivity (Wildman–Crippen MR) is 37.9 cm³/mol. The molecule has 1 aromatic carbocycles. The van der Waals surface area contributed by atoms with Crippen molar-refractivity contribution >= 4 is 6.16 Å². The van der Waals surface area contributed by atoms with E-state index < -0.39 is 6.16 Å². The number of ether oxygens (including phenoxy) is 1.